The summed E-state index contributed by atoms with van der Waals surface area (Å²) >= 11 is 3.30. The lowest BCUT2D eigenvalue weighted by molar-refractivity contribution is 0.000608. The Morgan fingerprint density at radius 3 is 2.46 bits per heavy atom. The van der Waals surface area contributed by atoms with Crippen LogP contribution < -0.4 is 0 Å². The van der Waals surface area contributed by atoms with Crippen molar-refractivity contribution in [1.29, 1.82) is 0 Å². The Hall–Kier alpha value is -1.63. The van der Waals surface area contributed by atoms with Crippen LogP contribution in [0.5, 0.6) is 0 Å². The van der Waals surface area contributed by atoms with E-state index in [4.69, 9.17) is 4.74 Å². The van der Waals surface area contributed by atoms with E-state index in [-0.39, 0.29) is 23.4 Å². The zero-order valence-electron chi connectivity index (χ0n) is 15.6. The fraction of sp³-hybridized carbons (Fsp3) is 0.579. The molecule has 0 aromatic heterocycles. The van der Waals surface area contributed by atoms with Gasteiger partial charge in [-0.05, 0) is 74.2 Å². The summed E-state index contributed by atoms with van der Waals surface area (Å²) in [5.74, 6) is -0.467. The second-order valence-corrected chi connectivity index (χ2v) is 9.02. The van der Waals surface area contributed by atoms with E-state index in [0.717, 1.165) is 12.8 Å². The van der Waals surface area contributed by atoms with E-state index in [0.29, 0.717) is 35.2 Å². The van der Waals surface area contributed by atoms with Crippen LogP contribution in [0.3, 0.4) is 0 Å². The maximum atomic E-state index is 13.7. The lowest BCUT2D eigenvalue weighted by atomic mass is 10.1. The molecular weight excluding hydrogens is 403 g/mol. The van der Waals surface area contributed by atoms with E-state index in [1.807, 2.05) is 25.7 Å². The van der Waals surface area contributed by atoms with E-state index < -0.39 is 5.60 Å². The van der Waals surface area contributed by atoms with Gasteiger partial charge in [-0.3, -0.25) is 4.79 Å². The van der Waals surface area contributed by atoms with Crippen molar-refractivity contribution in [3.8, 4) is 0 Å². The molecule has 1 aromatic carbocycles. The highest BCUT2D eigenvalue weighted by Crippen LogP contribution is 2.45. The number of nitrogens with zero attached hydrogens (tertiary/aromatic N) is 2. The Labute approximate surface area is 161 Å². The molecule has 5 nitrogen and oxygen atoms in total. The number of hydrogen-bond donors (Lipinski definition) is 0. The number of aryl methyl sites for hydroxylation is 1. The van der Waals surface area contributed by atoms with Crippen molar-refractivity contribution in [2.24, 2.45) is 0 Å². The van der Waals surface area contributed by atoms with Crippen molar-refractivity contribution in [2.75, 3.05) is 19.6 Å². The number of carbonyl (C=O) groups excluding carboxylic acids is 2. The van der Waals surface area contributed by atoms with E-state index >= 15 is 0 Å². The summed E-state index contributed by atoms with van der Waals surface area (Å²) in [6.45, 7) is 8.52. The van der Waals surface area contributed by atoms with Crippen molar-refractivity contribution >= 4 is 27.9 Å². The van der Waals surface area contributed by atoms with Crippen molar-refractivity contribution in [1.82, 2.24) is 9.80 Å². The minimum atomic E-state index is -0.544. The molecule has 7 heteroatoms. The first-order valence-corrected chi connectivity index (χ1v) is 9.57. The van der Waals surface area contributed by atoms with Crippen LogP contribution in [-0.4, -0.2) is 52.6 Å². The van der Waals surface area contributed by atoms with Gasteiger partial charge >= 0.3 is 6.09 Å². The zero-order valence-corrected chi connectivity index (χ0v) is 17.2. The van der Waals surface area contributed by atoms with Gasteiger partial charge in [0.05, 0.1) is 11.1 Å². The summed E-state index contributed by atoms with van der Waals surface area (Å²) in [5.41, 5.74) is 0.0280. The second kappa shape index (κ2) is 6.51. The summed E-state index contributed by atoms with van der Waals surface area (Å²) in [6, 6.07) is 2.91. The van der Waals surface area contributed by atoms with Gasteiger partial charge in [0.25, 0.3) is 5.91 Å². The van der Waals surface area contributed by atoms with Crippen LogP contribution in [0.2, 0.25) is 0 Å². The molecule has 1 saturated carbocycles. The molecule has 2 aliphatic rings. The summed E-state index contributed by atoms with van der Waals surface area (Å²) in [7, 11) is 0. The number of amides is 2. The first-order valence-electron chi connectivity index (χ1n) is 8.78. The molecule has 1 heterocycles. The normalized spacial score (nSPS) is 18.8. The quantitative estimate of drug-likeness (QED) is 0.678. The molecule has 0 unspecified atom stereocenters. The van der Waals surface area contributed by atoms with Gasteiger partial charge in [-0.2, -0.15) is 0 Å². The Balaban J connectivity index is 1.77. The van der Waals surface area contributed by atoms with Crippen LogP contribution in [0.15, 0.2) is 16.6 Å². The lowest BCUT2D eigenvalue weighted by Crippen LogP contribution is -2.58. The van der Waals surface area contributed by atoms with Gasteiger partial charge in [0.15, 0.2) is 0 Å². The Kier molecular flexibility index (Phi) is 4.80. The molecule has 0 bridgehead atoms. The van der Waals surface area contributed by atoms with Gasteiger partial charge in [0.2, 0.25) is 0 Å². The number of rotatable bonds is 1. The maximum absolute atomic E-state index is 13.7. The summed E-state index contributed by atoms with van der Waals surface area (Å²) in [4.78, 5) is 29.0. The van der Waals surface area contributed by atoms with E-state index in [9.17, 15) is 14.0 Å². The third-order valence-corrected chi connectivity index (χ3v) is 5.51. The minimum Gasteiger partial charge on any atom is -0.444 e. The molecule has 3 rings (SSSR count). The molecule has 1 aliphatic carbocycles. The molecule has 0 atom stereocenters. The first-order chi connectivity index (χ1) is 12.0. The fourth-order valence-electron chi connectivity index (χ4n) is 3.32. The van der Waals surface area contributed by atoms with Crippen LogP contribution in [0, 0.1) is 12.7 Å². The van der Waals surface area contributed by atoms with Crippen LogP contribution in [-0.2, 0) is 4.74 Å². The lowest BCUT2D eigenvalue weighted by Gasteiger charge is -2.42. The Morgan fingerprint density at radius 1 is 1.23 bits per heavy atom. The van der Waals surface area contributed by atoms with E-state index in [2.05, 4.69) is 15.9 Å². The standard InChI is InChI=1S/C19H24BrFN2O3/c1-12-9-13(14(20)10-15(12)21)16(24)23-8-7-22(11-19(23)5-6-19)17(25)26-18(2,3)4/h9-10H,5-8,11H2,1-4H3. The van der Waals surface area contributed by atoms with Crippen LogP contribution in [0.25, 0.3) is 0 Å². The predicted molar refractivity (Wildman–Crippen MR) is 99.6 cm³/mol. The van der Waals surface area contributed by atoms with Crippen molar-refractivity contribution in [2.45, 2.75) is 51.7 Å². The maximum Gasteiger partial charge on any atom is 0.410 e. The highest BCUT2D eigenvalue weighted by atomic mass is 79.9. The van der Waals surface area contributed by atoms with Gasteiger partial charge in [-0.1, -0.05) is 0 Å². The summed E-state index contributed by atoms with van der Waals surface area (Å²) in [6.07, 6.45) is 1.38. The smallest absolute Gasteiger partial charge is 0.410 e. The molecule has 1 spiro atoms. The number of carbonyl (C=O) groups is 2. The third-order valence-electron chi connectivity index (χ3n) is 4.85. The summed E-state index contributed by atoms with van der Waals surface area (Å²) in [5, 5.41) is 0. The van der Waals surface area contributed by atoms with Crippen LogP contribution in [0.1, 0.15) is 49.5 Å². The van der Waals surface area contributed by atoms with E-state index in [1.54, 1.807) is 17.9 Å². The molecule has 1 aromatic rings. The third kappa shape index (κ3) is 3.72. The van der Waals surface area contributed by atoms with Crippen molar-refractivity contribution in [3.63, 3.8) is 0 Å². The average Bonchev–Trinajstić information content (AvgIpc) is 3.28. The second-order valence-electron chi connectivity index (χ2n) is 8.16. The number of hydrogen-bond acceptors (Lipinski definition) is 3. The van der Waals surface area contributed by atoms with Crippen molar-refractivity contribution < 1.29 is 18.7 Å². The monoisotopic (exact) mass is 426 g/mol. The molecule has 0 N–H and O–H groups in total. The van der Waals surface area contributed by atoms with Crippen LogP contribution >= 0.6 is 15.9 Å². The molecule has 2 fully saturated rings. The van der Waals surface area contributed by atoms with Gasteiger partial charge < -0.3 is 14.5 Å². The van der Waals surface area contributed by atoms with E-state index in [1.165, 1.54) is 6.07 Å². The predicted octanol–water partition coefficient (Wildman–Crippen LogP) is 4.12. The highest BCUT2D eigenvalue weighted by molar-refractivity contribution is 9.10. The van der Waals surface area contributed by atoms with Crippen molar-refractivity contribution in [3.05, 3.63) is 33.5 Å². The molecule has 142 valence electrons. The molecule has 1 aliphatic heterocycles. The van der Waals surface area contributed by atoms with Gasteiger partial charge in [-0.25, -0.2) is 9.18 Å². The largest absolute Gasteiger partial charge is 0.444 e. The average molecular weight is 427 g/mol. The Morgan fingerprint density at radius 2 is 1.88 bits per heavy atom. The highest BCUT2D eigenvalue weighted by Gasteiger charge is 2.54. The molecule has 2 amide bonds. The minimum absolute atomic E-state index is 0.124. The number of piperazine rings is 1. The summed E-state index contributed by atoms with van der Waals surface area (Å²) < 4.78 is 19.6. The molecule has 0 radical (unpaired) electrons. The number of ether oxygens (including phenoxy) is 1. The topological polar surface area (TPSA) is 49.9 Å². The SMILES string of the molecule is Cc1cc(C(=O)N2CCN(C(=O)OC(C)(C)C)CC23CC3)c(Br)cc1F. The first kappa shape index (κ1) is 19.1. The van der Waals surface area contributed by atoms with Gasteiger partial charge in [0, 0.05) is 24.1 Å². The van der Waals surface area contributed by atoms with Gasteiger partial charge in [-0.15, -0.1) is 0 Å². The fourth-order valence-corrected chi connectivity index (χ4v) is 3.80. The molecule has 1 saturated heterocycles. The van der Waals surface area contributed by atoms with Gasteiger partial charge in [0.1, 0.15) is 11.4 Å². The molecular formula is C19H24BrFN2O3. The zero-order chi connectivity index (χ0) is 19.3. The Bertz CT molecular complexity index is 756. The van der Waals surface area contributed by atoms with Crippen LogP contribution in [0.4, 0.5) is 9.18 Å². The molecule has 26 heavy (non-hydrogen) atoms. The number of benzene rings is 1. The number of halogens is 2.